The summed E-state index contributed by atoms with van der Waals surface area (Å²) in [6, 6.07) is 10.6. The number of halogens is 1. The fourth-order valence-corrected chi connectivity index (χ4v) is 3.06. The lowest BCUT2D eigenvalue weighted by molar-refractivity contribution is -0.114. The molecule has 0 saturated carbocycles. The molecule has 0 saturated heterocycles. The molecule has 0 atom stereocenters. The number of rotatable bonds is 7. The van der Waals surface area contributed by atoms with Crippen molar-refractivity contribution in [2.24, 2.45) is 0 Å². The molecule has 0 radical (unpaired) electrons. The van der Waals surface area contributed by atoms with Gasteiger partial charge in [-0.05, 0) is 31.2 Å². The Morgan fingerprint density at radius 2 is 1.81 bits per heavy atom. The third kappa shape index (κ3) is 5.96. The molecule has 26 heavy (non-hydrogen) atoms. The minimum absolute atomic E-state index is 0.0727. The number of carbonyl (C=O) groups is 2. The van der Waals surface area contributed by atoms with Crippen molar-refractivity contribution in [2.75, 3.05) is 23.4 Å². The standard InChI is InChI=1S/C18H19FN2O4S/c1-12(22)13-4-3-5-16(8-13)21-18(23)10-20-15-7-6-14(17(19)9-15)11-26(2,24)25/h3-9,20H,10-11H2,1-2H3,(H,21,23). The van der Waals surface area contributed by atoms with E-state index in [-0.39, 0.29) is 29.6 Å². The first-order chi connectivity index (χ1) is 12.1. The molecule has 1 amide bonds. The third-order valence-corrected chi connectivity index (χ3v) is 4.31. The number of Topliss-reactive ketones (excluding diaryl/α,β-unsaturated/α-hetero) is 1. The van der Waals surface area contributed by atoms with Gasteiger partial charge in [-0.2, -0.15) is 0 Å². The second-order valence-electron chi connectivity index (χ2n) is 5.91. The first-order valence-corrected chi connectivity index (χ1v) is 9.81. The third-order valence-electron chi connectivity index (χ3n) is 3.48. The van der Waals surface area contributed by atoms with Crippen molar-refractivity contribution in [3.05, 3.63) is 59.4 Å². The zero-order valence-electron chi connectivity index (χ0n) is 14.4. The average Bonchev–Trinajstić information content (AvgIpc) is 2.54. The molecule has 0 heterocycles. The van der Waals surface area contributed by atoms with Crippen LogP contribution in [0.25, 0.3) is 0 Å². The van der Waals surface area contributed by atoms with Gasteiger partial charge in [-0.15, -0.1) is 0 Å². The second-order valence-corrected chi connectivity index (χ2v) is 8.06. The summed E-state index contributed by atoms with van der Waals surface area (Å²) in [5.74, 6) is -1.52. The Bertz CT molecular complexity index is 942. The van der Waals surface area contributed by atoms with E-state index in [2.05, 4.69) is 10.6 Å². The molecule has 0 unspecified atom stereocenters. The zero-order chi connectivity index (χ0) is 19.3. The van der Waals surface area contributed by atoms with Crippen molar-refractivity contribution >= 4 is 32.9 Å². The lowest BCUT2D eigenvalue weighted by atomic mass is 10.1. The molecule has 0 fully saturated rings. The molecule has 8 heteroatoms. The Labute approximate surface area is 151 Å². The summed E-state index contributed by atoms with van der Waals surface area (Å²) in [7, 11) is -3.33. The Balaban J connectivity index is 1.96. The maximum absolute atomic E-state index is 13.9. The van der Waals surface area contributed by atoms with Crippen LogP contribution in [0.3, 0.4) is 0 Å². The van der Waals surface area contributed by atoms with Gasteiger partial charge in [0.1, 0.15) is 5.82 Å². The number of amides is 1. The summed E-state index contributed by atoms with van der Waals surface area (Å²) in [5.41, 5.74) is 1.40. The molecule has 2 aromatic rings. The van der Waals surface area contributed by atoms with Crippen LogP contribution in [-0.2, 0) is 20.4 Å². The smallest absolute Gasteiger partial charge is 0.243 e. The largest absolute Gasteiger partial charge is 0.376 e. The molecule has 2 N–H and O–H groups in total. The van der Waals surface area contributed by atoms with E-state index in [1.165, 1.54) is 19.1 Å². The van der Waals surface area contributed by atoms with Gasteiger partial charge in [-0.25, -0.2) is 12.8 Å². The van der Waals surface area contributed by atoms with Crippen LogP contribution >= 0.6 is 0 Å². The van der Waals surface area contributed by atoms with E-state index in [0.717, 1.165) is 12.3 Å². The van der Waals surface area contributed by atoms with Gasteiger partial charge in [0, 0.05) is 28.8 Å². The number of benzene rings is 2. The van der Waals surface area contributed by atoms with E-state index in [0.29, 0.717) is 16.9 Å². The van der Waals surface area contributed by atoms with Crippen molar-refractivity contribution < 1.29 is 22.4 Å². The highest BCUT2D eigenvalue weighted by molar-refractivity contribution is 7.89. The average molecular weight is 378 g/mol. The Morgan fingerprint density at radius 3 is 2.42 bits per heavy atom. The highest BCUT2D eigenvalue weighted by atomic mass is 32.2. The first kappa shape index (κ1) is 19.6. The molecule has 2 aromatic carbocycles. The predicted octanol–water partition coefficient (Wildman–Crippen LogP) is 2.62. The van der Waals surface area contributed by atoms with Crippen LogP contribution in [0.1, 0.15) is 22.8 Å². The number of anilines is 2. The molecule has 0 bridgehead atoms. The predicted molar refractivity (Wildman–Crippen MR) is 98.5 cm³/mol. The zero-order valence-corrected chi connectivity index (χ0v) is 15.2. The Hall–Kier alpha value is -2.74. The van der Waals surface area contributed by atoms with Crippen molar-refractivity contribution in [1.82, 2.24) is 0 Å². The van der Waals surface area contributed by atoms with E-state index in [4.69, 9.17) is 0 Å². The van der Waals surface area contributed by atoms with Crippen LogP contribution in [0.5, 0.6) is 0 Å². The summed E-state index contributed by atoms with van der Waals surface area (Å²) in [6.07, 6.45) is 1.03. The lowest BCUT2D eigenvalue weighted by Crippen LogP contribution is -2.22. The minimum atomic E-state index is -3.33. The SMILES string of the molecule is CC(=O)c1cccc(NC(=O)CNc2ccc(CS(C)(=O)=O)c(F)c2)c1. The Kier molecular flexibility index (Phi) is 6.10. The maximum atomic E-state index is 13.9. The van der Waals surface area contributed by atoms with Crippen LogP contribution < -0.4 is 10.6 Å². The quantitative estimate of drug-likeness (QED) is 0.723. The summed E-state index contributed by atoms with van der Waals surface area (Å²) < 4.78 is 36.4. The molecule has 0 aliphatic carbocycles. The van der Waals surface area contributed by atoms with Gasteiger partial charge < -0.3 is 10.6 Å². The number of ketones is 1. The van der Waals surface area contributed by atoms with Crippen LogP contribution in [-0.4, -0.2) is 32.9 Å². The highest BCUT2D eigenvalue weighted by Gasteiger charge is 2.11. The second kappa shape index (κ2) is 8.09. The molecule has 6 nitrogen and oxygen atoms in total. The van der Waals surface area contributed by atoms with Crippen LogP contribution in [0.4, 0.5) is 15.8 Å². The van der Waals surface area contributed by atoms with Crippen molar-refractivity contribution in [3.8, 4) is 0 Å². The molecule has 0 aromatic heterocycles. The maximum Gasteiger partial charge on any atom is 0.243 e. The van der Waals surface area contributed by atoms with Gasteiger partial charge in [0.25, 0.3) is 0 Å². The highest BCUT2D eigenvalue weighted by Crippen LogP contribution is 2.17. The fourth-order valence-electron chi connectivity index (χ4n) is 2.26. The summed E-state index contributed by atoms with van der Waals surface area (Å²) in [4.78, 5) is 23.3. The molecule has 0 spiro atoms. The van der Waals surface area contributed by atoms with E-state index < -0.39 is 15.7 Å². The van der Waals surface area contributed by atoms with Gasteiger partial charge in [-0.3, -0.25) is 9.59 Å². The number of hydrogen-bond donors (Lipinski definition) is 2. The van der Waals surface area contributed by atoms with Crippen LogP contribution in [0.15, 0.2) is 42.5 Å². The number of nitrogens with one attached hydrogen (secondary N) is 2. The number of carbonyl (C=O) groups excluding carboxylic acids is 2. The monoisotopic (exact) mass is 378 g/mol. The van der Waals surface area contributed by atoms with Crippen LogP contribution in [0, 0.1) is 5.82 Å². The summed E-state index contributed by atoms with van der Waals surface area (Å²) >= 11 is 0. The summed E-state index contributed by atoms with van der Waals surface area (Å²) in [5, 5.41) is 5.40. The van der Waals surface area contributed by atoms with E-state index in [9.17, 15) is 22.4 Å². The molecule has 2 rings (SSSR count). The van der Waals surface area contributed by atoms with Crippen LogP contribution in [0.2, 0.25) is 0 Å². The molecule has 138 valence electrons. The van der Waals surface area contributed by atoms with E-state index >= 15 is 0 Å². The van der Waals surface area contributed by atoms with Crippen molar-refractivity contribution in [3.63, 3.8) is 0 Å². The molecule has 0 aliphatic heterocycles. The summed E-state index contributed by atoms with van der Waals surface area (Å²) in [6.45, 7) is 1.32. The normalized spacial score (nSPS) is 11.0. The fraction of sp³-hybridized carbons (Fsp3) is 0.222. The van der Waals surface area contributed by atoms with Gasteiger partial charge >= 0.3 is 0 Å². The van der Waals surface area contributed by atoms with Gasteiger partial charge in [-0.1, -0.05) is 18.2 Å². The van der Waals surface area contributed by atoms with Gasteiger partial charge in [0.05, 0.1) is 12.3 Å². The van der Waals surface area contributed by atoms with Gasteiger partial charge in [0.2, 0.25) is 5.91 Å². The van der Waals surface area contributed by atoms with Crippen molar-refractivity contribution in [1.29, 1.82) is 0 Å². The van der Waals surface area contributed by atoms with Gasteiger partial charge in [0.15, 0.2) is 15.6 Å². The number of hydrogen-bond acceptors (Lipinski definition) is 5. The molecular weight excluding hydrogens is 359 g/mol. The lowest BCUT2D eigenvalue weighted by Gasteiger charge is -2.10. The van der Waals surface area contributed by atoms with E-state index in [1.54, 1.807) is 24.3 Å². The van der Waals surface area contributed by atoms with E-state index in [1.807, 2.05) is 0 Å². The number of sulfone groups is 1. The minimum Gasteiger partial charge on any atom is -0.376 e. The Morgan fingerprint density at radius 1 is 1.08 bits per heavy atom. The molecular formula is C18H19FN2O4S. The van der Waals surface area contributed by atoms with Crippen molar-refractivity contribution in [2.45, 2.75) is 12.7 Å². The molecule has 0 aliphatic rings. The topological polar surface area (TPSA) is 92.3 Å². The first-order valence-electron chi connectivity index (χ1n) is 7.75.